The number of hydrogen-bond donors (Lipinski definition) is 2. The highest BCUT2D eigenvalue weighted by molar-refractivity contribution is 7.14. The van der Waals surface area contributed by atoms with E-state index in [2.05, 4.69) is 25.6 Å². The molecule has 0 saturated carbocycles. The summed E-state index contributed by atoms with van der Waals surface area (Å²) in [4.78, 5) is 35.9. The monoisotopic (exact) mass is 371 g/mol. The van der Waals surface area contributed by atoms with Crippen LogP contribution in [0, 0.1) is 5.82 Å². The topological polar surface area (TPSA) is 96.9 Å². The van der Waals surface area contributed by atoms with Crippen molar-refractivity contribution in [1.82, 2.24) is 20.3 Å². The molecule has 0 spiro atoms. The third kappa shape index (κ3) is 4.90. The molecule has 1 aromatic carbocycles. The van der Waals surface area contributed by atoms with E-state index in [4.69, 9.17) is 0 Å². The maximum Gasteiger partial charge on any atom is 0.277 e. The zero-order valence-electron chi connectivity index (χ0n) is 13.5. The van der Waals surface area contributed by atoms with Gasteiger partial charge in [0.1, 0.15) is 11.5 Å². The first-order chi connectivity index (χ1) is 12.6. The molecule has 0 aliphatic carbocycles. The van der Waals surface area contributed by atoms with Crippen molar-refractivity contribution in [3.05, 3.63) is 71.0 Å². The summed E-state index contributed by atoms with van der Waals surface area (Å²) in [7, 11) is 0. The molecule has 3 aromatic rings. The summed E-state index contributed by atoms with van der Waals surface area (Å²) in [6.07, 6.45) is 4.34. The minimum atomic E-state index is -0.417. The number of carbonyl (C=O) groups is 2. The lowest BCUT2D eigenvalue weighted by molar-refractivity contribution is -0.120. The molecule has 0 unspecified atom stereocenters. The Morgan fingerprint density at radius 2 is 1.96 bits per heavy atom. The van der Waals surface area contributed by atoms with Crippen LogP contribution in [0.15, 0.2) is 48.2 Å². The predicted octanol–water partition coefficient (Wildman–Crippen LogP) is 2.18. The van der Waals surface area contributed by atoms with E-state index in [1.165, 1.54) is 42.1 Å². The van der Waals surface area contributed by atoms with Gasteiger partial charge in [0, 0.05) is 24.3 Å². The van der Waals surface area contributed by atoms with Gasteiger partial charge in [0.25, 0.3) is 5.91 Å². The van der Waals surface area contributed by atoms with Crippen molar-refractivity contribution in [3.8, 4) is 0 Å². The van der Waals surface area contributed by atoms with Crippen molar-refractivity contribution in [3.63, 3.8) is 0 Å². The van der Waals surface area contributed by atoms with E-state index in [1.807, 2.05) is 0 Å². The first-order valence-corrected chi connectivity index (χ1v) is 8.51. The highest BCUT2D eigenvalue weighted by Crippen LogP contribution is 2.16. The highest BCUT2D eigenvalue weighted by atomic mass is 32.1. The summed E-state index contributed by atoms with van der Waals surface area (Å²) in [5.41, 5.74) is 1.53. The van der Waals surface area contributed by atoms with E-state index in [0.29, 0.717) is 17.4 Å². The summed E-state index contributed by atoms with van der Waals surface area (Å²) in [5, 5.41) is 7.43. The average molecular weight is 371 g/mol. The van der Waals surface area contributed by atoms with Gasteiger partial charge in [-0.15, -0.1) is 11.3 Å². The van der Waals surface area contributed by atoms with Crippen molar-refractivity contribution >= 4 is 28.3 Å². The third-order valence-corrected chi connectivity index (χ3v) is 4.12. The molecule has 2 amide bonds. The first kappa shape index (κ1) is 17.6. The molecular formula is C17H14FN5O2S. The SMILES string of the molecule is O=C(Cc1csc(NC(=O)c2cnccn2)n1)NCc1ccc(F)cc1. The van der Waals surface area contributed by atoms with Gasteiger partial charge in [0.15, 0.2) is 5.13 Å². The largest absolute Gasteiger partial charge is 0.352 e. The number of aromatic nitrogens is 3. The van der Waals surface area contributed by atoms with E-state index in [-0.39, 0.29) is 23.8 Å². The fraction of sp³-hybridized carbons (Fsp3) is 0.118. The fourth-order valence-corrected chi connectivity index (χ4v) is 2.76. The van der Waals surface area contributed by atoms with Gasteiger partial charge in [0.05, 0.1) is 18.3 Å². The number of rotatable bonds is 6. The van der Waals surface area contributed by atoms with Crippen LogP contribution in [0.1, 0.15) is 21.7 Å². The second-order valence-corrected chi connectivity index (χ2v) is 6.13. The van der Waals surface area contributed by atoms with Crippen molar-refractivity contribution in [1.29, 1.82) is 0 Å². The fourth-order valence-electron chi connectivity index (χ4n) is 2.05. The van der Waals surface area contributed by atoms with Crippen LogP contribution in [0.2, 0.25) is 0 Å². The Labute approximate surface area is 152 Å². The van der Waals surface area contributed by atoms with E-state index < -0.39 is 5.91 Å². The van der Waals surface area contributed by atoms with E-state index >= 15 is 0 Å². The smallest absolute Gasteiger partial charge is 0.277 e. The number of halogens is 1. The van der Waals surface area contributed by atoms with Gasteiger partial charge in [-0.2, -0.15) is 0 Å². The molecule has 9 heteroatoms. The zero-order valence-corrected chi connectivity index (χ0v) is 14.3. The summed E-state index contributed by atoms with van der Waals surface area (Å²) in [5.74, 6) is -0.954. The molecule has 0 saturated heterocycles. The molecular weight excluding hydrogens is 357 g/mol. The lowest BCUT2D eigenvalue weighted by atomic mass is 10.2. The summed E-state index contributed by atoms with van der Waals surface area (Å²) in [6.45, 7) is 0.305. The number of amides is 2. The Bertz CT molecular complexity index is 899. The van der Waals surface area contributed by atoms with Gasteiger partial charge in [-0.3, -0.25) is 19.9 Å². The Hall–Kier alpha value is -3.20. The minimum absolute atomic E-state index is 0.0821. The molecule has 2 N–H and O–H groups in total. The number of nitrogens with one attached hydrogen (secondary N) is 2. The summed E-state index contributed by atoms with van der Waals surface area (Å²) < 4.78 is 12.8. The number of nitrogens with zero attached hydrogens (tertiary/aromatic N) is 3. The van der Waals surface area contributed by atoms with Crippen LogP contribution >= 0.6 is 11.3 Å². The highest BCUT2D eigenvalue weighted by Gasteiger charge is 2.12. The van der Waals surface area contributed by atoms with Gasteiger partial charge in [0.2, 0.25) is 5.91 Å². The second kappa shape index (κ2) is 8.26. The number of carbonyl (C=O) groups excluding carboxylic acids is 2. The summed E-state index contributed by atoms with van der Waals surface area (Å²) >= 11 is 1.22. The van der Waals surface area contributed by atoms with Crippen LogP contribution in [0.5, 0.6) is 0 Å². The van der Waals surface area contributed by atoms with Crippen LogP contribution in [0.3, 0.4) is 0 Å². The van der Waals surface area contributed by atoms with Gasteiger partial charge in [-0.1, -0.05) is 12.1 Å². The molecule has 0 atom stereocenters. The Morgan fingerprint density at radius 3 is 2.69 bits per heavy atom. The molecule has 7 nitrogen and oxygen atoms in total. The van der Waals surface area contributed by atoms with Crippen LogP contribution in [0.25, 0.3) is 0 Å². The number of anilines is 1. The second-order valence-electron chi connectivity index (χ2n) is 5.27. The molecule has 0 bridgehead atoms. The lowest BCUT2D eigenvalue weighted by Crippen LogP contribution is -2.24. The van der Waals surface area contributed by atoms with Crippen molar-refractivity contribution in [2.45, 2.75) is 13.0 Å². The Morgan fingerprint density at radius 1 is 1.15 bits per heavy atom. The van der Waals surface area contributed by atoms with Gasteiger partial charge in [-0.25, -0.2) is 14.4 Å². The predicted molar refractivity (Wildman–Crippen MR) is 94.0 cm³/mol. The van der Waals surface area contributed by atoms with E-state index in [0.717, 1.165) is 5.56 Å². The van der Waals surface area contributed by atoms with Crippen molar-refractivity contribution < 1.29 is 14.0 Å². The number of hydrogen-bond acceptors (Lipinski definition) is 6. The van der Waals surface area contributed by atoms with Crippen molar-refractivity contribution in [2.24, 2.45) is 0 Å². The molecule has 0 aliphatic rings. The molecule has 26 heavy (non-hydrogen) atoms. The van der Waals surface area contributed by atoms with Crippen LogP contribution in [0.4, 0.5) is 9.52 Å². The summed E-state index contributed by atoms with van der Waals surface area (Å²) in [6, 6.07) is 5.90. The van der Waals surface area contributed by atoms with Gasteiger partial charge in [-0.05, 0) is 17.7 Å². The van der Waals surface area contributed by atoms with E-state index in [1.54, 1.807) is 17.5 Å². The Kier molecular flexibility index (Phi) is 5.59. The Balaban J connectivity index is 1.50. The quantitative estimate of drug-likeness (QED) is 0.692. The molecule has 0 fully saturated rings. The van der Waals surface area contributed by atoms with Crippen LogP contribution in [-0.2, 0) is 17.8 Å². The maximum atomic E-state index is 12.8. The maximum absolute atomic E-state index is 12.8. The lowest BCUT2D eigenvalue weighted by Gasteiger charge is -2.04. The average Bonchev–Trinajstić information content (AvgIpc) is 3.08. The molecule has 132 valence electrons. The van der Waals surface area contributed by atoms with Gasteiger partial charge < -0.3 is 5.32 Å². The standard InChI is InChI=1S/C17H14FN5O2S/c18-12-3-1-11(2-4-12)8-21-15(24)7-13-10-26-17(22-13)23-16(25)14-9-19-5-6-20-14/h1-6,9-10H,7-8H2,(H,21,24)(H,22,23,25). The molecule has 2 heterocycles. The van der Waals surface area contributed by atoms with Crippen LogP contribution in [-0.4, -0.2) is 26.8 Å². The van der Waals surface area contributed by atoms with E-state index in [9.17, 15) is 14.0 Å². The van der Waals surface area contributed by atoms with Crippen molar-refractivity contribution in [2.75, 3.05) is 5.32 Å². The number of thiazole rings is 1. The first-order valence-electron chi connectivity index (χ1n) is 7.63. The molecule has 2 aromatic heterocycles. The zero-order chi connectivity index (χ0) is 18.4. The molecule has 0 aliphatic heterocycles. The normalized spacial score (nSPS) is 10.3. The minimum Gasteiger partial charge on any atom is -0.352 e. The number of benzene rings is 1. The molecule has 3 rings (SSSR count). The third-order valence-electron chi connectivity index (χ3n) is 3.31. The van der Waals surface area contributed by atoms with Gasteiger partial charge >= 0.3 is 0 Å². The molecule has 0 radical (unpaired) electrons. The van der Waals surface area contributed by atoms with Crippen LogP contribution < -0.4 is 10.6 Å².